The molecule has 0 heterocycles. The van der Waals surface area contributed by atoms with Crippen LogP contribution in [-0.2, 0) is 0 Å². The first-order valence-electron chi connectivity index (χ1n) is 6.87. The number of nitrogens with zero attached hydrogens (tertiary/aromatic N) is 1. The Hall–Kier alpha value is 0.503. The molecule has 0 aromatic carbocycles. The second-order valence-electron chi connectivity index (χ2n) is 6.91. The Morgan fingerprint density at radius 3 is 1.06 bits per heavy atom. The van der Waals surface area contributed by atoms with Gasteiger partial charge in [0, 0.05) is 0 Å². The van der Waals surface area contributed by atoms with Crippen LogP contribution in [0.4, 0.5) is 0 Å². The molecule has 0 aromatic heterocycles. The zero-order valence-electron chi connectivity index (χ0n) is 12.8. The molecule has 0 unspecified atom stereocenters. The van der Waals surface area contributed by atoms with E-state index < -0.39 is 13.5 Å². The normalized spacial score (nSPS) is 13.5. The first kappa shape index (κ1) is 16.5. The molecule has 0 rings (SSSR count). The van der Waals surface area contributed by atoms with Gasteiger partial charge in [0.15, 0.2) is 0 Å². The molecule has 16 heavy (non-hydrogen) atoms. The van der Waals surface area contributed by atoms with Gasteiger partial charge in [0.25, 0.3) is 0 Å². The van der Waals surface area contributed by atoms with E-state index in [0.717, 1.165) is 17.8 Å². The van der Waals surface area contributed by atoms with Crippen molar-refractivity contribution >= 4 is 13.5 Å². The van der Waals surface area contributed by atoms with Crippen molar-refractivity contribution in [2.45, 2.75) is 57.3 Å². The third kappa shape index (κ3) is 5.72. The molecule has 0 fully saturated rings. The fraction of sp³-hybridized carbons (Fsp3) is 1.00. The second-order valence-corrected chi connectivity index (χ2v) is 16.5. The summed E-state index contributed by atoms with van der Waals surface area (Å²) in [5, 5.41) is 4.51. The van der Waals surface area contributed by atoms with Crippen LogP contribution in [0.2, 0.25) is 15.8 Å². The van der Waals surface area contributed by atoms with Crippen molar-refractivity contribution in [2.75, 3.05) is 14.1 Å². The Bertz CT molecular complexity index is 159. The van der Waals surface area contributed by atoms with Gasteiger partial charge in [-0.1, -0.05) is 0 Å². The predicted molar refractivity (Wildman–Crippen MR) is 78.4 cm³/mol. The van der Waals surface area contributed by atoms with Crippen LogP contribution in [-0.4, -0.2) is 31.4 Å². The molecule has 0 spiro atoms. The van der Waals surface area contributed by atoms with E-state index in [1.807, 2.05) is 0 Å². The summed E-state index contributed by atoms with van der Waals surface area (Å²) in [5.74, 6) is 2.58. The van der Waals surface area contributed by atoms with Crippen LogP contribution >= 0.6 is 0 Å². The third-order valence-corrected chi connectivity index (χ3v) is 17.2. The predicted octanol–water partition coefficient (Wildman–Crippen LogP) is 4.46. The van der Waals surface area contributed by atoms with Gasteiger partial charge >= 0.3 is 106 Å². The van der Waals surface area contributed by atoms with Crippen LogP contribution in [0.1, 0.15) is 41.5 Å². The van der Waals surface area contributed by atoms with Crippen LogP contribution in [0.15, 0.2) is 0 Å². The Kier molecular flexibility index (Phi) is 7.27. The Morgan fingerprint density at radius 2 is 0.938 bits per heavy atom. The first-order chi connectivity index (χ1) is 7.19. The van der Waals surface area contributed by atoms with Gasteiger partial charge in [-0.25, -0.2) is 0 Å². The minimum atomic E-state index is -1.80. The number of hydrogen-bond donors (Lipinski definition) is 0. The van der Waals surface area contributed by atoms with Gasteiger partial charge in [-0.3, -0.25) is 0 Å². The Balaban J connectivity index is 4.88. The molecule has 0 radical (unpaired) electrons. The van der Waals surface area contributed by atoms with Gasteiger partial charge < -0.3 is 0 Å². The average Bonchev–Trinajstić information content (AvgIpc) is 1.98. The van der Waals surface area contributed by atoms with Crippen LogP contribution in [0.3, 0.4) is 0 Å². The van der Waals surface area contributed by atoms with Gasteiger partial charge in [-0.15, -0.1) is 0 Å². The van der Waals surface area contributed by atoms with Gasteiger partial charge in [-0.2, -0.15) is 0 Å². The molecule has 1 nitrogen and oxygen atoms in total. The summed E-state index contributed by atoms with van der Waals surface area (Å²) in [7, 11) is 4.68. The van der Waals surface area contributed by atoms with E-state index >= 15 is 0 Å². The standard InChI is InChI=1S/C14H33GeN/c1-12(2)9-15(16(7)8,10-13(3)4)11-14(5)6/h12-14H,9-11H2,1-8H3. The summed E-state index contributed by atoms with van der Waals surface area (Å²) in [4.78, 5) is 0. The van der Waals surface area contributed by atoms with E-state index in [0.29, 0.717) is 0 Å². The molecule has 0 N–H and O–H groups in total. The fourth-order valence-corrected chi connectivity index (χ4v) is 16.0. The monoisotopic (exact) mass is 289 g/mol. The summed E-state index contributed by atoms with van der Waals surface area (Å²) in [5.41, 5.74) is 0. The minimum absolute atomic E-state index is 0.861. The molecule has 0 aliphatic heterocycles. The summed E-state index contributed by atoms with van der Waals surface area (Å²) >= 11 is -1.80. The van der Waals surface area contributed by atoms with E-state index in [1.165, 1.54) is 15.8 Å². The van der Waals surface area contributed by atoms with Crippen LogP contribution in [0.25, 0.3) is 0 Å². The molecular weight excluding hydrogens is 255 g/mol. The summed E-state index contributed by atoms with van der Waals surface area (Å²) in [6.45, 7) is 14.4. The molecule has 0 atom stereocenters. The van der Waals surface area contributed by atoms with Crippen molar-refractivity contribution < 1.29 is 0 Å². The molecule has 0 aromatic rings. The Morgan fingerprint density at radius 1 is 0.688 bits per heavy atom. The van der Waals surface area contributed by atoms with Crippen LogP contribution in [0, 0.1) is 17.8 Å². The number of hydrogen-bond acceptors (Lipinski definition) is 1. The van der Waals surface area contributed by atoms with E-state index in [4.69, 9.17) is 0 Å². The summed E-state index contributed by atoms with van der Waals surface area (Å²) in [6.07, 6.45) is 0. The van der Waals surface area contributed by atoms with Gasteiger partial charge in [-0.05, 0) is 0 Å². The molecule has 98 valence electrons. The first-order valence-corrected chi connectivity index (χ1v) is 12.3. The quantitative estimate of drug-likeness (QED) is 0.625. The third-order valence-electron chi connectivity index (χ3n) is 3.31. The van der Waals surface area contributed by atoms with Crippen molar-refractivity contribution in [3.63, 3.8) is 0 Å². The molecular formula is C14H33GeN. The molecule has 2 heteroatoms. The van der Waals surface area contributed by atoms with Crippen molar-refractivity contribution in [3.8, 4) is 0 Å². The molecule has 0 saturated heterocycles. The number of rotatable bonds is 7. The van der Waals surface area contributed by atoms with Gasteiger partial charge in [0.2, 0.25) is 0 Å². The second kappa shape index (κ2) is 7.05. The topological polar surface area (TPSA) is 3.24 Å². The maximum absolute atomic E-state index is 2.67. The average molecular weight is 288 g/mol. The molecule has 0 saturated carbocycles. The van der Waals surface area contributed by atoms with Crippen molar-refractivity contribution in [3.05, 3.63) is 0 Å². The maximum atomic E-state index is 2.67. The van der Waals surface area contributed by atoms with Crippen molar-refractivity contribution in [1.29, 1.82) is 0 Å². The molecule has 0 bridgehead atoms. The summed E-state index contributed by atoms with van der Waals surface area (Å²) in [6, 6.07) is 0. The van der Waals surface area contributed by atoms with E-state index in [9.17, 15) is 0 Å². The zero-order chi connectivity index (χ0) is 12.9. The Labute approximate surface area is 107 Å². The van der Waals surface area contributed by atoms with Crippen molar-refractivity contribution in [2.24, 2.45) is 17.8 Å². The van der Waals surface area contributed by atoms with Crippen LogP contribution in [0.5, 0.6) is 0 Å². The zero-order valence-corrected chi connectivity index (χ0v) is 14.9. The fourth-order valence-electron chi connectivity index (χ4n) is 3.08. The SMILES string of the molecule is CC(C)[CH2][Ge]([CH2]C(C)C)([CH2]C(C)C)[N](C)C. The van der Waals surface area contributed by atoms with Gasteiger partial charge in [0.1, 0.15) is 0 Å². The molecule has 0 aliphatic rings. The summed E-state index contributed by atoms with van der Waals surface area (Å²) < 4.78 is 2.67. The van der Waals surface area contributed by atoms with E-state index in [1.54, 1.807) is 0 Å². The van der Waals surface area contributed by atoms with E-state index in [2.05, 4.69) is 59.5 Å². The van der Waals surface area contributed by atoms with E-state index in [-0.39, 0.29) is 0 Å². The van der Waals surface area contributed by atoms with Crippen LogP contribution < -0.4 is 0 Å². The van der Waals surface area contributed by atoms with Gasteiger partial charge in [0.05, 0.1) is 0 Å². The molecule has 0 aliphatic carbocycles. The van der Waals surface area contributed by atoms with Crippen molar-refractivity contribution in [1.82, 2.24) is 3.86 Å². The molecule has 0 amide bonds.